The number of hydrogen-bond acceptors (Lipinski definition) is 4. The van der Waals surface area contributed by atoms with E-state index in [4.69, 9.17) is 4.74 Å². The van der Waals surface area contributed by atoms with Crippen molar-refractivity contribution in [1.82, 2.24) is 10.6 Å². The molecule has 1 fully saturated rings. The molecule has 1 atom stereocenters. The smallest absolute Gasteiger partial charge is 0.406 e. The molecule has 1 aliphatic heterocycles. The number of amides is 1. The molecule has 1 aliphatic rings. The molecule has 0 radical (unpaired) electrons. The fourth-order valence-corrected chi connectivity index (χ4v) is 2.32. The van der Waals surface area contributed by atoms with E-state index in [-0.39, 0.29) is 49.5 Å². The topological polar surface area (TPSA) is 59.6 Å². The van der Waals surface area contributed by atoms with E-state index in [1.807, 2.05) is 0 Å². The lowest BCUT2D eigenvalue weighted by Crippen LogP contribution is -2.44. The molecule has 0 saturated carbocycles. The number of rotatable bonds is 6. The Morgan fingerprint density at radius 2 is 2.12 bits per heavy atom. The molecule has 0 aromatic heterocycles. The fourth-order valence-electron chi connectivity index (χ4n) is 2.32. The van der Waals surface area contributed by atoms with Crippen LogP contribution in [0.4, 0.5) is 13.2 Å². The number of hydrogen-bond donors (Lipinski definition) is 2. The van der Waals surface area contributed by atoms with Crippen LogP contribution in [0, 0.1) is 0 Å². The molecule has 5 nitrogen and oxygen atoms in total. The summed E-state index contributed by atoms with van der Waals surface area (Å²) in [5, 5.41) is 5.86. The highest BCUT2D eigenvalue weighted by Gasteiger charge is 2.31. The van der Waals surface area contributed by atoms with Crippen LogP contribution in [0.25, 0.3) is 0 Å². The average molecular weight is 369 g/mol. The molecule has 1 heterocycles. The second kappa shape index (κ2) is 9.71. The zero-order chi connectivity index (χ0) is 16.7. The van der Waals surface area contributed by atoms with E-state index < -0.39 is 6.36 Å². The molecule has 1 aromatic carbocycles. The first-order valence-electron chi connectivity index (χ1n) is 7.35. The summed E-state index contributed by atoms with van der Waals surface area (Å²) in [6.07, 6.45) is -4.20. The third-order valence-corrected chi connectivity index (χ3v) is 3.35. The van der Waals surface area contributed by atoms with E-state index in [1.54, 1.807) is 12.1 Å². The molecular weight excluding hydrogens is 349 g/mol. The number of benzene rings is 1. The molecular formula is C15H20ClF3N2O3. The van der Waals surface area contributed by atoms with Crippen LogP contribution in [0.2, 0.25) is 0 Å². The Bertz CT molecular complexity index is 523. The Balaban J connectivity index is 0.00000288. The summed E-state index contributed by atoms with van der Waals surface area (Å²) in [5.41, 5.74) is 0.393. The van der Waals surface area contributed by atoms with E-state index >= 15 is 0 Å². The van der Waals surface area contributed by atoms with Crippen molar-refractivity contribution in [1.29, 1.82) is 0 Å². The van der Waals surface area contributed by atoms with Gasteiger partial charge in [0.1, 0.15) is 5.75 Å². The molecule has 1 amide bonds. The van der Waals surface area contributed by atoms with Gasteiger partial charge in [-0.05, 0) is 18.1 Å². The highest BCUT2D eigenvalue weighted by molar-refractivity contribution is 5.85. The summed E-state index contributed by atoms with van der Waals surface area (Å²) in [4.78, 5) is 11.8. The minimum Gasteiger partial charge on any atom is -0.406 e. The Hall–Kier alpha value is -1.51. The first kappa shape index (κ1) is 20.5. The normalized spacial score (nSPS) is 17.7. The maximum absolute atomic E-state index is 12.3. The van der Waals surface area contributed by atoms with Crippen molar-refractivity contribution in [3.8, 4) is 5.75 Å². The van der Waals surface area contributed by atoms with Crippen LogP contribution in [0.3, 0.4) is 0 Å². The molecule has 1 unspecified atom stereocenters. The van der Waals surface area contributed by atoms with Gasteiger partial charge in [0.2, 0.25) is 5.91 Å². The molecule has 136 valence electrons. The lowest BCUT2D eigenvalue weighted by Gasteiger charge is -2.23. The molecule has 24 heavy (non-hydrogen) atoms. The van der Waals surface area contributed by atoms with Gasteiger partial charge in [-0.25, -0.2) is 0 Å². The minimum atomic E-state index is -4.73. The number of alkyl halides is 3. The van der Waals surface area contributed by atoms with E-state index in [9.17, 15) is 18.0 Å². The van der Waals surface area contributed by atoms with Gasteiger partial charge < -0.3 is 20.1 Å². The molecule has 0 aliphatic carbocycles. The van der Waals surface area contributed by atoms with Crippen molar-refractivity contribution >= 4 is 18.3 Å². The Kier molecular flexibility index (Phi) is 8.30. The number of morpholine rings is 1. The zero-order valence-corrected chi connectivity index (χ0v) is 13.7. The second-order valence-electron chi connectivity index (χ2n) is 5.19. The zero-order valence-electron chi connectivity index (χ0n) is 12.9. The Morgan fingerprint density at radius 1 is 1.38 bits per heavy atom. The SMILES string of the molecule is Cl.O=C(CC1COCCN1)NCCc1ccccc1OC(F)(F)F. The van der Waals surface area contributed by atoms with Crippen molar-refractivity contribution in [2.75, 3.05) is 26.3 Å². The molecule has 0 bridgehead atoms. The molecule has 2 N–H and O–H groups in total. The fraction of sp³-hybridized carbons (Fsp3) is 0.533. The lowest BCUT2D eigenvalue weighted by molar-refractivity contribution is -0.274. The molecule has 1 saturated heterocycles. The van der Waals surface area contributed by atoms with Crippen molar-refractivity contribution < 1.29 is 27.4 Å². The Labute approximate surface area is 144 Å². The van der Waals surface area contributed by atoms with Gasteiger partial charge in [0.25, 0.3) is 0 Å². The van der Waals surface area contributed by atoms with Crippen molar-refractivity contribution in [2.24, 2.45) is 0 Å². The number of carbonyl (C=O) groups is 1. The predicted octanol–water partition coefficient (Wildman–Crippen LogP) is 2.04. The van der Waals surface area contributed by atoms with Crippen molar-refractivity contribution in [3.63, 3.8) is 0 Å². The van der Waals surface area contributed by atoms with Crippen LogP contribution in [0.1, 0.15) is 12.0 Å². The van der Waals surface area contributed by atoms with Crippen LogP contribution in [0.5, 0.6) is 5.75 Å². The van der Waals surface area contributed by atoms with E-state index in [1.165, 1.54) is 12.1 Å². The van der Waals surface area contributed by atoms with Gasteiger partial charge in [-0.15, -0.1) is 25.6 Å². The van der Waals surface area contributed by atoms with E-state index in [0.717, 1.165) is 0 Å². The second-order valence-corrected chi connectivity index (χ2v) is 5.19. The first-order chi connectivity index (χ1) is 10.9. The van der Waals surface area contributed by atoms with Gasteiger partial charge in [0.05, 0.1) is 13.2 Å². The number of nitrogens with one attached hydrogen (secondary N) is 2. The van der Waals surface area contributed by atoms with Crippen LogP contribution in [-0.2, 0) is 16.0 Å². The summed E-state index contributed by atoms with van der Waals surface area (Å²) in [6, 6.07) is 5.88. The predicted molar refractivity (Wildman–Crippen MR) is 84.3 cm³/mol. The molecule has 0 spiro atoms. The third-order valence-electron chi connectivity index (χ3n) is 3.35. The minimum absolute atomic E-state index is 0. The van der Waals surface area contributed by atoms with Gasteiger partial charge >= 0.3 is 6.36 Å². The number of para-hydroxylation sites is 1. The van der Waals surface area contributed by atoms with E-state index in [2.05, 4.69) is 15.4 Å². The number of carbonyl (C=O) groups excluding carboxylic acids is 1. The molecule has 9 heteroatoms. The Morgan fingerprint density at radius 3 is 2.79 bits per heavy atom. The lowest BCUT2D eigenvalue weighted by atomic mass is 10.1. The van der Waals surface area contributed by atoms with Gasteiger partial charge in [0.15, 0.2) is 0 Å². The number of halogens is 4. The molecule has 1 aromatic rings. The largest absolute Gasteiger partial charge is 0.573 e. The van der Waals surface area contributed by atoms with Crippen molar-refractivity contribution in [2.45, 2.75) is 25.2 Å². The monoisotopic (exact) mass is 368 g/mol. The van der Waals surface area contributed by atoms with Gasteiger partial charge in [0, 0.05) is 25.6 Å². The van der Waals surface area contributed by atoms with Crippen LogP contribution >= 0.6 is 12.4 Å². The van der Waals surface area contributed by atoms with Crippen LogP contribution in [0.15, 0.2) is 24.3 Å². The summed E-state index contributed by atoms with van der Waals surface area (Å²) >= 11 is 0. The van der Waals surface area contributed by atoms with Gasteiger partial charge in [-0.2, -0.15) is 0 Å². The van der Waals surface area contributed by atoms with Crippen LogP contribution in [-0.4, -0.2) is 44.6 Å². The van der Waals surface area contributed by atoms with Crippen LogP contribution < -0.4 is 15.4 Å². The standard InChI is InChI=1S/C15H19F3N2O3.ClH/c16-15(17,18)23-13-4-2-1-3-11(13)5-6-20-14(21)9-12-10-22-8-7-19-12;/h1-4,12,19H,5-10H2,(H,20,21);1H. The maximum atomic E-state index is 12.3. The highest BCUT2D eigenvalue weighted by Crippen LogP contribution is 2.26. The summed E-state index contributed by atoms with van der Waals surface area (Å²) in [7, 11) is 0. The van der Waals surface area contributed by atoms with Crippen molar-refractivity contribution in [3.05, 3.63) is 29.8 Å². The highest BCUT2D eigenvalue weighted by atomic mass is 35.5. The number of ether oxygens (including phenoxy) is 2. The summed E-state index contributed by atoms with van der Waals surface area (Å²) in [5.74, 6) is -0.404. The third kappa shape index (κ3) is 7.37. The summed E-state index contributed by atoms with van der Waals surface area (Å²) < 4.78 is 46.2. The van der Waals surface area contributed by atoms with Gasteiger partial charge in [-0.1, -0.05) is 18.2 Å². The summed E-state index contributed by atoms with van der Waals surface area (Å²) in [6.45, 7) is 2.06. The molecule has 2 rings (SSSR count). The maximum Gasteiger partial charge on any atom is 0.573 e. The van der Waals surface area contributed by atoms with Gasteiger partial charge in [-0.3, -0.25) is 4.79 Å². The average Bonchev–Trinajstić information content (AvgIpc) is 2.48. The quantitative estimate of drug-likeness (QED) is 0.807. The first-order valence-corrected chi connectivity index (χ1v) is 7.35. The van der Waals surface area contributed by atoms with E-state index in [0.29, 0.717) is 25.3 Å².